The fourth-order valence-corrected chi connectivity index (χ4v) is 4.57. The Bertz CT molecular complexity index is 1030. The van der Waals surface area contributed by atoms with Gasteiger partial charge >= 0.3 is 0 Å². The van der Waals surface area contributed by atoms with Crippen molar-refractivity contribution in [3.63, 3.8) is 0 Å². The van der Waals surface area contributed by atoms with Crippen LogP contribution in [0.3, 0.4) is 0 Å². The molecule has 2 heterocycles. The molecular formula is C25H30N4O4. The summed E-state index contributed by atoms with van der Waals surface area (Å²) in [6.45, 7) is 4.10. The SMILES string of the molecule is CCOc1ccccc1N1CC(C(=O)Nc2ccccc2N2CCC(C(N)=O)CC2)CC1=O. The Morgan fingerprint density at radius 2 is 1.70 bits per heavy atom. The minimum absolute atomic E-state index is 0.0934. The first-order valence-corrected chi connectivity index (χ1v) is 11.4. The van der Waals surface area contributed by atoms with Crippen molar-refractivity contribution in [1.29, 1.82) is 0 Å². The molecule has 1 atom stereocenters. The van der Waals surface area contributed by atoms with Crippen LogP contribution in [0.2, 0.25) is 0 Å². The third-order valence-electron chi connectivity index (χ3n) is 6.35. The van der Waals surface area contributed by atoms with Crippen molar-refractivity contribution in [2.45, 2.75) is 26.2 Å². The number of hydrogen-bond acceptors (Lipinski definition) is 5. The van der Waals surface area contributed by atoms with Crippen molar-refractivity contribution in [3.05, 3.63) is 48.5 Å². The molecule has 0 aliphatic carbocycles. The van der Waals surface area contributed by atoms with E-state index in [0.29, 0.717) is 56.2 Å². The van der Waals surface area contributed by atoms with Crippen molar-refractivity contribution in [3.8, 4) is 5.75 Å². The molecule has 174 valence electrons. The number of nitrogens with two attached hydrogens (primary N) is 1. The molecule has 8 heteroatoms. The first-order valence-electron chi connectivity index (χ1n) is 11.4. The lowest BCUT2D eigenvalue weighted by atomic mass is 9.96. The van der Waals surface area contributed by atoms with Crippen LogP contribution in [0.25, 0.3) is 0 Å². The van der Waals surface area contributed by atoms with E-state index >= 15 is 0 Å². The van der Waals surface area contributed by atoms with Crippen LogP contribution in [0, 0.1) is 11.8 Å². The summed E-state index contributed by atoms with van der Waals surface area (Å²) < 4.78 is 5.67. The van der Waals surface area contributed by atoms with Gasteiger partial charge in [-0.25, -0.2) is 0 Å². The normalized spacial score (nSPS) is 18.9. The van der Waals surface area contributed by atoms with E-state index in [0.717, 1.165) is 5.69 Å². The largest absolute Gasteiger partial charge is 0.492 e. The Kier molecular flexibility index (Phi) is 6.82. The lowest BCUT2D eigenvalue weighted by molar-refractivity contribution is -0.122. The Morgan fingerprint density at radius 3 is 2.39 bits per heavy atom. The maximum absolute atomic E-state index is 13.1. The number of carbonyl (C=O) groups excluding carboxylic acids is 3. The molecule has 2 aliphatic heterocycles. The number of rotatable bonds is 7. The molecule has 0 radical (unpaired) electrons. The van der Waals surface area contributed by atoms with Gasteiger partial charge < -0.3 is 25.6 Å². The van der Waals surface area contributed by atoms with E-state index in [1.165, 1.54) is 0 Å². The Morgan fingerprint density at radius 1 is 1.03 bits per heavy atom. The van der Waals surface area contributed by atoms with Crippen molar-refractivity contribution in [1.82, 2.24) is 0 Å². The van der Waals surface area contributed by atoms with Crippen molar-refractivity contribution in [2.75, 3.05) is 41.4 Å². The van der Waals surface area contributed by atoms with Crippen LogP contribution in [0.5, 0.6) is 5.75 Å². The predicted octanol–water partition coefficient (Wildman–Crippen LogP) is 2.78. The van der Waals surface area contributed by atoms with Crippen LogP contribution in [-0.2, 0) is 14.4 Å². The van der Waals surface area contributed by atoms with Crippen LogP contribution in [-0.4, -0.2) is 44.0 Å². The summed E-state index contributed by atoms with van der Waals surface area (Å²) in [6, 6.07) is 15.0. The highest BCUT2D eigenvalue weighted by molar-refractivity contribution is 6.05. The highest BCUT2D eigenvalue weighted by atomic mass is 16.5. The number of nitrogens with one attached hydrogen (secondary N) is 1. The minimum atomic E-state index is -0.458. The number of piperidine rings is 1. The summed E-state index contributed by atoms with van der Waals surface area (Å²) in [4.78, 5) is 41.1. The Balaban J connectivity index is 1.45. The fourth-order valence-electron chi connectivity index (χ4n) is 4.57. The van der Waals surface area contributed by atoms with Gasteiger partial charge in [0.05, 0.1) is 29.6 Å². The van der Waals surface area contributed by atoms with Gasteiger partial charge in [-0.05, 0) is 44.0 Å². The van der Waals surface area contributed by atoms with E-state index in [1.54, 1.807) is 4.90 Å². The average molecular weight is 451 g/mol. The maximum atomic E-state index is 13.1. The highest BCUT2D eigenvalue weighted by Gasteiger charge is 2.36. The third-order valence-corrected chi connectivity index (χ3v) is 6.35. The molecule has 2 saturated heterocycles. The van der Waals surface area contributed by atoms with Crippen molar-refractivity contribution >= 4 is 34.8 Å². The summed E-state index contributed by atoms with van der Waals surface area (Å²) >= 11 is 0. The highest BCUT2D eigenvalue weighted by Crippen LogP contribution is 2.34. The minimum Gasteiger partial charge on any atom is -0.492 e. The maximum Gasteiger partial charge on any atom is 0.229 e. The molecule has 0 spiro atoms. The number of para-hydroxylation sites is 4. The first kappa shape index (κ1) is 22.6. The second-order valence-electron chi connectivity index (χ2n) is 8.48. The molecule has 1 unspecified atom stereocenters. The Hall–Kier alpha value is -3.55. The smallest absolute Gasteiger partial charge is 0.229 e. The van der Waals surface area contributed by atoms with Crippen LogP contribution >= 0.6 is 0 Å². The molecule has 33 heavy (non-hydrogen) atoms. The van der Waals surface area contributed by atoms with Crippen molar-refractivity contribution < 1.29 is 19.1 Å². The third kappa shape index (κ3) is 4.94. The molecular weight excluding hydrogens is 420 g/mol. The summed E-state index contributed by atoms with van der Waals surface area (Å²) in [5.74, 6) is -0.445. The van der Waals surface area contributed by atoms with E-state index in [9.17, 15) is 14.4 Å². The van der Waals surface area contributed by atoms with E-state index in [1.807, 2.05) is 55.5 Å². The molecule has 2 aliphatic rings. The van der Waals surface area contributed by atoms with Gasteiger partial charge in [-0.1, -0.05) is 24.3 Å². The van der Waals surface area contributed by atoms with Crippen LogP contribution < -0.4 is 25.6 Å². The number of ether oxygens (including phenoxy) is 1. The lowest BCUT2D eigenvalue weighted by Crippen LogP contribution is -2.39. The van der Waals surface area contributed by atoms with E-state index < -0.39 is 5.92 Å². The molecule has 2 fully saturated rings. The monoisotopic (exact) mass is 450 g/mol. The van der Waals surface area contributed by atoms with Crippen molar-refractivity contribution in [2.24, 2.45) is 17.6 Å². The zero-order chi connectivity index (χ0) is 23.4. The van der Waals surface area contributed by atoms with Crippen LogP contribution in [0.15, 0.2) is 48.5 Å². The number of carbonyl (C=O) groups is 3. The molecule has 0 aromatic heterocycles. The van der Waals surface area contributed by atoms with E-state index in [4.69, 9.17) is 10.5 Å². The quantitative estimate of drug-likeness (QED) is 0.675. The molecule has 3 N–H and O–H groups in total. The number of nitrogens with zero attached hydrogens (tertiary/aromatic N) is 2. The number of anilines is 3. The summed E-state index contributed by atoms with van der Waals surface area (Å²) in [5.41, 5.74) is 7.77. The molecule has 4 rings (SSSR count). The second-order valence-corrected chi connectivity index (χ2v) is 8.48. The van der Waals surface area contributed by atoms with Gasteiger partial charge in [-0.15, -0.1) is 0 Å². The zero-order valence-corrected chi connectivity index (χ0v) is 18.8. The fraction of sp³-hybridized carbons (Fsp3) is 0.400. The zero-order valence-electron chi connectivity index (χ0n) is 18.8. The Labute approximate surface area is 193 Å². The number of benzene rings is 2. The summed E-state index contributed by atoms with van der Waals surface area (Å²) in [5, 5.41) is 3.03. The molecule has 2 aromatic rings. The molecule has 8 nitrogen and oxygen atoms in total. The van der Waals surface area contributed by atoms with Gasteiger partial charge in [-0.3, -0.25) is 14.4 Å². The number of primary amides is 1. The van der Waals surface area contributed by atoms with Gasteiger partial charge in [0.1, 0.15) is 5.75 Å². The van der Waals surface area contributed by atoms with Gasteiger partial charge in [0.2, 0.25) is 17.7 Å². The number of amides is 3. The molecule has 0 saturated carbocycles. The molecule has 3 amide bonds. The predicted molar refractivity (Wildman–Crippen MR) is 127 cm³/mol. The standard InChI is InChI=1S/C25H30N4O4/c1-2-33-22-10-6-5-9-21(22)29-16-18(15-23(29)30)25(32)27-19-7-3-4-8-20(19)28-13-11-17(12-14-28)24(26)31/h3-10,17-18H,2,11-16H2,1H3,(H2,26,31)(H,27,32). The molecule has 2 aromatic carbocycles. The van der Waals surface area contributed by atoms with Crippen LogP contribution in [0.4, 0.5) is 17.1 Å². The first-order chi connectivity index (χ1) is 16.0. The van der Waals surface area contributed by atoms with Gasteiger partial charge in [-0.2, -0.15) is 0 Å². The van der Waals surface area contributed by atoms with Crippen LogP contribution in [0.1, 0.15) is 26.2 Å². The molecule has 0 bridgehead atoms. The average Bonchev–Trinajstić information content (AvgIpc) is 3.22. The lowest BCUT2D eigenvalue weighted by Gasteiger charge is -2.33. The second kappa shape index (κ2) is 9.94. The summed E-state index contributed by atoms with van der Waals surface area (Å²) in [6.07, 6.45) is 1.55. The van der Waals surface area contributed by atoms with E-state index in [2.05, 4.69) is 10.2 Å². The van der Waals surface area contributed by atoms with Gasteiger partial charge in [0.25, 0.3) is 0 Å². The topological polar surface area (TPSA) is 105 Å². The van der Waals surface area contributed by atoms with Gasteiger partial charge in [0.15, 0.2) is 0 Å². The summed E-state index contributed by atoms with van der Waals surface area (Å²) in [7, 11) is 0. The van der Waals surface area contributed by atoms with E-state index in [-0.39, 0.29) is 30.1 Å². The van der Waals surface area contributed by atoms with Gasteiger partial charge in [0, 0.05) is 32.0 Å². The number of hydrogen-bond donors (Lipinski definition) is 2.